The number of hydrogen-bond donors (Lipinski definition) is 0. The van der Waals surface area contributed by atoms with Gasteiger partial charge < -0.3 is 14.4 Å². The van der Waals surface area contributed by atoms with Gasteiger partial charge in [-0.1, -0.05) is 24.3 Å². The van der Waals surface area contributed by atoms with Crippen molar-refractivity contribution >= 4 is 27.3 Å². The average Bonchev–Trinajstić information content (AvgIpc) is 3.45. The van der Waals surface area contributed by atoms with Gasteiger partial charge in [0.15, 0.2) is 11.5 Å². The maximum absolute atomic E-state index is 13.6. The zero-order chi connectivity index (χ0) is 24.3. The molecule has 1 amide bonds. The molecule has 0 radical (unpaired) electrons. The molecule has 1 aliphatic heterocycles. The van der Waals surface area contributed by atoms with Crippen molar-refractivity contribution in [1.82, 2.24) is 9.21 Å². The Labute approximate surface area is 204 Å². The van der Waals surface area contributed by atoms with Gasteiger partial charge in [0.2, 0.25) is 22.7 Å². The van der Waals surface area contributed by atoms with Gasteiger partial charge in [-0.15, -0.1) is 11.3 Å². The minimum atomic E-state index is -3.83. The highest BCUT2D eigenvalue weighted by atomic mass is 32.2. The summed E-state index contributed by atoms with van der Waals surface area (Å²) in [5, 5.41) is 1.99. The number of carbonyl (C=O) groups is 1. The minimum Gasteiger partial charge on any atom is -0.454 e. The van der Waals surface area contributed by atoms with Crippen molar-refractivity contribution in [2.45, 2.75) is 44.8 Å². The monoisotopic (exact) mass is 500 g/mol. The molecule has 0 atom stereocenters. The van der Waals surface area contributed by atoms with Gasteiger partial charge >= 0.3 is 0 Å². The number of carbonyl (C=O) groups excluding carboxylic acids is 1. The number of thiophene rings is 1. The van der Waals surface area contributed by atoms with E-state index in [0.717, 1.165) is 16.0 Å². The molecule has 3 aromatic rings. The molecule has 0 aliphatic carbocycles. The van der Waals surface area contributed by atoms with Gasteiger partial charge in [0.25, 0.3) is 0 Å². The first kappa shape index (κ1) is 24.3. The fraction of sp³-hybridized carbons (Fsp3) is 0.320. The Kier molecular flexibility index (Phi) is 7.25. The van der Waals surface area contributed by atoms with Gasteiger partial charge in [-0.2, -0.15) is 4.31 Å². The van der Waals surface area contributed by atoms with E-state index in [9.17, 15) is 13.2 Å². The fourth-order valence-electron chi connectivity index (χ4n) is 3.74. The molecule has 0 unspecified atom stereocenters. The average molecular weight is 501 g/mol. The number of amides is 1. The number of fused-ring (bicyclic) bond motifs is 1. The lowest BCUT2D eigenvalue weighted by Gasteiger charge is -2.29. The molecule has 7 nitrogen and oxygen atoms in total. The molecule has 34 heavy (non-hydrogen) atoms. The summed E-state index contributed by atoms with van der Waals surface area (Å²) in [5.74, 6) is 1.06. The number of ether oxygens (including phenoxy) is 2. The van der Waals surface area contributed by atoms with Gasteiger partial charge in [-0.25, -0.2) is 8.42 Å². The molecule has 180 valence electrons. The van der Waals surface area contributed by atoms with Crippen molar-refractivity contribution in [2.75, 3.05) is 13.3 Å². The van der Waals surface area contributed by atoms with Gasteiger partial charge in [0, 0.05) is 17.5 Å². The second-order valence-corrected chi connectivity index (χ2v) is 11.3. The number of nitrogens with zero attached hydrogens (tertiary/aromatic N) is 2. The maximum Gasteiger partial charge on any atom is 0.243 e. The Morgan fingerprint density at radius 1 is 1.03 bits per heavy atom. The van der Waals surface area contributed by atoms with E-state index in [1.165, 1.54) is 4.31 Å². The fourth-order valence-corrected chi connectivity index (χ4v) is 6.27. The zero-order valence-corrected chi connectivity index (χ0v) is 21.1. The Morgan fingerprint density at radius 2 is 1.76 bits per heavy atom. The summed E-state index contributed by atoms with van der Waals surface area (Å²) in [4.78, 5) is 16.5. The second-order valence-electron chi connectivity index (χ2n) is 8.42. The predicted octanol–water partition coefficient (Wildman–Crippen LogP) is 4.41. The van der Waals surface area contributed by atoms with E-state index in [2.05, 4.69) is 0 Å². The highest BCUT2D eigenvalue weighted by Crippen LogP contribution is 2.33. The molecule has 4 rings (SSSR count). The predicted molar refractivity (Wildman–Crippen MR) is 131 cm³/mol. The van der Waals surface area contributed by atoms with E-state index in [0.29, 0.717) is 24.6 Å². The van der Waals surface area contributed by atoms with E-state index < -0.39 is 10.0 Å². The Hall–Kier alpha value is -2.88. The van der Waals surface area contributed by atoms with E-state index in [-0.39, 0.29) is 30.2 Å². The largest absolute Gasteiger partial charge is 0.454 e. The summed E-state index contributed by atoms with van der Waals surface area (Å²) in [6.07, 6.45) is 0. The third-order valence-corrected chi connectivity index (χ3v) is 8.73. The zero-order valence-electron chi connectivity index (χ0n) is 19.4. The molecular formula is C25H28N2O5S2. The van der Waals surface area contributed by atoms with Crippen LogP contribution in [0.15, 0.2) is 64.9 Å². The lowest BCUT2D eigenvalue weighted by atomic mass is 10.1. The van der Waals surface area contributed by atoms with Gasteiger partial charge in [-0.05, 0) is 67.6 Å². The van der Waals surface area contributed by atoms with Crippen LogP contribution in [0.2, 0.25) is 0 Å². The lowest BCUT2D eigenvalue weighted by molar-refractivity contribution is -0.132. The van der Waals surface area contributed by atoms with E-state index >= 15 is 0 Å². The number of sulfonamides is 1. The topological polar surface area (TPSA) is 76.2 Å². The normalized spacial score (nSPS) is 13.0. The van der Waals surface area contributed by atoms with Crippen molar-refractivity contribution in [3.63, 3.8) is 0 Å². The van der Waals surface area contributed by atoms with Crippen LogP contribution < -0.4 is 9.47 Å². The van der Waals surface area contributed by atoms with Gasteiger partial charge in [0.05, 0.1) is 18.0 Å². The van der Waals surface area contributed by atoms with Crippen LogP contribution >= 0.6 is 11.3 Å². The summed E-state index contributed by atoms with van der Waals surface area (Å²) in [6.45, 7) is 6.21. The van der Waals surface area contributed by atoms with E-state index in [1.54, 1.807) is 60.4 Å². The summed E-state index contributed by atoms with van der Waals surface area (Å²) < 4.78 is 38.8. The van der Waals surface area contributed by atoms with Crippen LogP contribution in [0.5, 0.6) is 11.5 Å². The first-order valence-electron chi connectivity index (χ1n) is 11.0. The SMILES string of the molecule is Cc1ccsc1CN(Cc1ccc2c(c1)OCO2)C(=O)CN(C(C)C)S(=O)(=O)c1ccccc1. The molecule has 0 spiro atoms. The Morgan fingerprint density at radius 3 is 2.44 bits per heavy atom. The molecule has 0 N–H and O–H groups in total. The molecule has 0 fully saturated rings. The highest BCUT2D eigenvalue weighted by molar-refractivity contribution is 7.89. The van der Waals surface area contributed by atoms with Crippen LogP contribution in [0.3, 0.4) is 0 Å². The molecule has 2 heterocycles. The summed E-state index contributed by atoms with van der Waals surface area (Å²) in [6, 6.07) is 15.5. The highest BCUT2D eigenvalue weighted by Gasteiger charge is 2.31. The molecule has 1 aromatic heterocycles. The number of hydrogen-bond acceptors (Lipinski definition) is 6. The van der Waals surface area contributed by atoms with E-state index in [1.807, 2.05) is 36.6 Å². The Bertz CT molecular complexity index is 1260. The smallest absolute Gasteiger partial charge is 0.243 e. The quantitative estimate of drug-likeness (QED) is 0.435. The molecular weight excluding hydrogens is 472 g/mol. The van der Waals surface area contributed by atoms with Gasteiger partial charge in [0.1, 0.15) is 0 Å². The summed E-state index contributed by atoms with van der Waals surface area (Å²) in [5.41, 5.74) is 1.99. The number of aryl methyl sites for hydroxylation is 1. The van der Waals surface area contributed by atoms with Crippen LogP contribution in [-0.2, 0) is 27.9 Å². The van der Waals surface area contributed by atoms with Crippen LogP contribution in [0.25, 0.3) is 0 Å². The molecule has 0 saturated heterocycles. The van der Waals surface area contributed by atoms with Crippen LogP contribution in [0.4, 0.5) is 0 Å². The third-order valence-electron chi connectivity index (χ3n) is 5.68. The van der Waals surface area contributed by atoms with Crippen molar-refractivity contribution in [1.29, 1.82) is 0 Å². The van der Waals surface area contributed by atoms with Crippen LogP contribution in [-0.4, -0.2) is 42.9 Å². The third kappa shape index (κ3) is 5.27. The summed E-state index contributed by atoms with van der Waals surface area (Å²) >= 11 is 1.58. The first-order chi connectivity index (χ1) is 16.3. The van der Waals surface area contributed by atoms with Crippen molar-refractivity contribution in [3.05, 3.63) is 76.0 Å². The van der Waals surface area contributed by atoms with Crippen LogP contribution in [0, 0.1) is 6.92 Å². The Balaban J connectivity index is 1.60. The molecule has 9 heteroatoms. The number of rotatable bonds is 9. The van der Waals surface area contributed by atoms with E-state index in [4.69, 9.17) is 9.47 Å². The second kappa shape index (κ2) is 10.2. The van der Waals surface area contributed by atoms with Crippen molar-refractivity contribution in [2.24, 2.45) is 0 Å². The molecule has 0 bridgehead atoms. The van der Waals surface area contributed by atoms with Crippen molar-refractivity contribution in [3.8, 4) is 11.5 Å². The van der Waals surface area contributed by atoms with Crippen LogP contribution in [0.1, 0.15) is 29.9 Å². The molecule has 2 aromatic carbocycles. The van der Waals surface area contributed by atoms with Gasteiger partial charge in [-0.3, -0.25) is 4.79 Å². The summed E-state index contributed by atoms with van der Waals surface area (Å²) in [7, 11) is -3.83. The molecule has 0 saturated carbocycles. The minimum absolute atomic E-state index is 0.174. The van der Waals surface area contributed by atoms with Crippen molar-refractivity contribution < 1.29 is 22.7 Å². The number of benzene rings is 2. The molecule has 1 aliphatic rings. The maximum atomic E-state index is 13.6. The lowest BCUT2D eigenvalue weighted by Crippen LogP contribution is -2.45. The standard InChI is InChI=1S/C25H28N2O5S2/c1-18(2)27(34(29,30)21-7-5-4-6-8-21)16-25(28)26(15-24-19(3)11-12-33-24)14-20-9-10-22-23(13-20)32-17-31-22/h4-13,18H,14-17H2,1-3H3. The first-order valence-corrected chi connectivity index (χ1v) is 13.3.